The van der Waals surface area contributed by atoms with Crippen LogP contribution in [0.1, 0.15) is 26.3 Å². The molecule has 1 rings (SSSR count). The van der Waals surface area contributed by atoms with Crippen LogP contribution in [-0.4, -0.2) is 21.5 Å². The van der Waals surface area contributed by atoms with Crippen LogP contribution in [0.2, 0.25) is 18.1 Å². The van der Waals surface area contributed by atoms with E-state index in [2.05, 4.69) is 49.8 Å². The van der Waals surface area contributed by atoms with E-state index in [1.807, 2.05) is 6.07 Å². The zero-order chi connectivity index (χ0) is 15.4. The minimum absolute atomic E-state index is 0.196. The maximum absolute atomic E-state index is 13.6. The average Bonchev–Trinajstić information content (AvgIpc) is 2.30. The zero-order valence-electron chi connectivity index (χ0n) is 12.9. The molecule has 5 heteroatoms. The molecule has 1 aromatic carbocycles. The van der Waals surface area contributed by atoms with Gasteiger partial charge in [0.25, 0.3) is 0 Å². The predicted molar refractivity (Wildman–Crippen MR) is 86.9 cm³/mol. The van der Waals surface area contributed by atoms with Gasteiger partial charge in [-0.1, -0.05) is 42.8 Å². The lowest BCUT2D eigenvalue weighted by molar-refractivity contribution is 0.0826. The van der Waals surface area contributed by atoms with Crippen molar-refractivity contribution >= 4 is 24.2 Å². The van der Waals surface area contributed by atoms with Crippen LogP contribution in [0.15, 0.2) is 22.7 Å². The lowest BCUT2D eigenvalue weighted by Crippen LogP contribution is -2.41. The van der Waals surface area contributed by atoms with E-state index >= 15 is 0 Å². The molecule has 0 saturated carbocycles. The van der Waals surface area contributed by atoms with E-state index in [-0.39, 0.29) is 17.5 Å². The van der Waals surface area contributed by atoms with E-state index in [0.29, 0.717) is 18.8 Å². The van der Waals surface area contributed by atoms with Crippen LogP contribution in [0.5, 0.6) is 0 Å². The monoisotopic (exact) mass is 362 g/mol. The maximum Gasteiger partial charge on any atom is 0.192 e. The molecule has 0 atom stereocenters. The molecule has 0 aliphatic heterocycles. The summed E-state index contributed by atoms with van der Waals surface area (Å²) in [6.45, 7) is 12.3. The molecule has 0 radical (unpaired) electrons. The average molecular weight is 363 g/mol. The Morgan fingerprint density at radius 3 is 2.40 bits per heavy atom. The summed E-state index contributed by atoms with van der Waals surface area (Å²) in [7, 11) is -1.72. The highest BCUT2D eigenvalue weighted by atomic mass is 79.9. The Morgan fingerprint density at radius 1 is 1.20 bits per heavy atom. The third-order valence-corrected chi connectivity index (χ3v) is 9.09. The van der Waals surface area contributed by atoms with Crippen molar-refractivity contribution < 1.29 is 13.6 Å². The first-order valence-electron chi connectivity index (χ1n) is 6.80. The third kappa shape index (κ3) is 4.95. The van der Waals surface area contributed by atoms with Crippen molar-refractivity contribution in [1.82, 2.24) is 0 Å². The van der Waals surface area contributed by atoms with Crippen molar-refractivity contribution in [2.75, 3.05) is 13.2 Å². The molecule has 0 saturated heterocycles. The fourth-order valence-electron chi connectivity index (χ4n) is 1.42. The largest absolute Gasteiger partial charge is 0.414 e. The normalized spacial score (nSPS) is 12.8. The van der Waals surface area contributed by atoms with Crippen molar-refractivity contribution in [3.8, 4) is 0 Å². The molecule has 0 spiro atoms. The van der Waals surface area contributed by atoms with Gasteiger partial charge in [0.1, 0.15) is 5.82 Å². The predicted octanol–water partition coefficient (Wildman–Crippen LogP) is 5.13. The zero-order valence-corrected chi connectivity index (χ0v) is 15.5. The van der Waals surface area contributed by atoms with Gasteiger partial charge in [0, 0.05) is 10.0 Å². The van der Waals surface area contributed by atoms with Gasteiger partial charge in [-0.3, -0.25) is 0 Å². The Morgan fingerprint density at radius 2 is 1.85 bits per heavy atom. The number of benzene rings is 1. The molecule has 0 bridgehead atoms. The SMILES string of the molecule is CC(C)(C)[Si](C)(C)OCCOCc1c(F)cccc1Br. The summed E-state index contributed by atoms with van der Waals surface area (Å²) in [5, 5.41) is 0.196. The second kappa shape index (κ2) is 7.16. The van der Waals surface area contributed by atoms with Crippen LogP contribution in [0, 0.1) is 5.82 Å². The molecule has 2 nitrogen and oxygen atoms in total. The summed E-state index contributed by atoms with van der Waals surface area (Å²) in [5.74, 6) is -0.246. The van der Waals surface area contributed by atoms with Crippen LogP contribution in [0.4, 0.5) is 4.39 Å². The number of rotatable bonds is 6. The topological polar surface area (TPSA) is 18.5 Å². The summed E-state index contributed by atoms with van der Waals surface area (Å²) >= 11 is 3.33. The Bertz CT molecular complexity index is 424. The molecule has 0 unspecified atom stereocenters. The molecule has 1 aromatic rings. The minimum Gasteiger partial charge on any atom is -0.414 e. The molecule has 0 heterocycles. The first-order chi connectivity index (χ1) is 9.15. The van der Waals surface area contributed by atoms with Crippen LogP contribution < -0.4 is 0 Å². The van der Waals surface area contributed by atoms with E-state index in [1.54, 1.807) is 6.07 Å². The fourth-order valence-corrected chi connectivity index (χ4v) is 2.90. The standard InChI is InChI=1S/C15H24BrFO2Si/c1-15(2,3)20(4,5)19-10-9-18-11-12-13(16)7-6-8-14(12)17/h6-8H,9-11H2,1-5H3. The van der Waals surface area contributed by atoms with Crippen molar-refractivity contribution in [1.29, 1.82) is 0 Å². The van der Waals surface area contributed by atoms with E-state index in [4.69, 9.17) is 9.16 Å². The van der Waals surface area contributed by atoms with Gasteiger partial charge in [-0.2, -0.15) is 0 Å². The molecule has 0 aliphatic carbocycles. The molecule has 0 N–H and O–H groups in total. The number of ether oxygens (including phenoxy) is 1. The van der Waals surface area contributed by atoms with Gasteiger partial charge in [0.15, 0.2) is 8.32 Å². The van der Waals surface area contributed by atoms with Crippen molar-refractivity contribution in [3.05, 3.63) is 34.1 Å². The van der Waals surface area contributed by atoms with Gasteiger partial charge in [0.2, 0.25) is 0 Å². The Balaban J connectivity index is 2.37. The second-order valence-electron chi connectivity index (χ2n) is 6.36. The third-order valence-electron chi connectivity index (χ3n) is 3.80. The first-order valence-corrected chi connectivity index (χ1v) is 10.5. The second-order valence-corrected chi connectivity index (χ2v) is 12.0. The molecular formula is C15H24BrFO2Si. The van der Waals surface area contributed by atoms with Crippen molar-refractivity contribution in [2.24, 2.45) is 0 Å². The highest BCUT2D eigenvalue weighted by Gasteiger charge is 2.36. The molecule has 20 heavy (non-hydrogen) atoms. The summed E-state index contributed by atoms with van der Waals surface area (Å²) in [6.07, 6.45) is 0. The number of halogens is 2. The van der Waals surface area contributed by atoms with E-state index in [1.165, 1.54) is 6.07 Å². The van der Waals surface area contributed by atoms with Crippen molar-refractivity contribution in [3.63, 3.8) is 0 Å². The van der Waals surface area contributed by atoms with E-state index in [9.17, 15) is 4.39 Å². The van der Waals surface area contributed by atoms with Gasteiger partial charge >= 0.3 is 0 Å². The van der Waals surface area contributed by atoms with Crippen molar-refractivity contribution in [2.45, 2.75) is 45.5 Å². The quantitative estimate of drug-likeness (QED) is 0.515. The summed E-state index contributed by atoms with van der Waals surface area (Å²) in [4.78, 5) is 0. The van der Waals surface area contributed by atoms with Gasteiger partial charge in [-0.05, 0) is 30.3 Å². The molecule has 0 amide bonds. The lowest BCUT2D eigenvalue weighted by Gasteiger charge is -2.36. The lowest BCUT2D eigenvalue weighted by atomic mass is 10.2. The number of hydrogen-bond acceptors (Lipinski definition) is 2. The van der Waals surface area contributed by atoms with E-state index < -0.39 is 8.32 Å². The maximum atomic E-state index is 13.6. The molecule has 0 aromatic heterocycles. The van der Waals surface area contributed by atoms with Crippen LogP contribution in [0.3, 0.4) is 0 Å². The highest BCUT2D eigenvalue weighted by molar-refractivity contribution is 9.10. The van der Waals surface area contributed by atoms with Gasteiger partial charge in [-0.25, -0.2) is 4.39 Å². The Labute approximate surface area is 130 Å². The van der Waals surface area contributed by atoms with E-state index in [0.717, 1.165) is 4.47 Å². The fraction of sp³-hybridized carbons (Fsp3) is 0.600. The van der Waals surface area contributed by atoms with Gasteiger partial charge in [0.05, 0.1) is 19.8 Å². The minimum atomic E-state index is -1.72. The number of hydrogen-bond donors (Lipinski definition) is 0. The highest BCUT2D eigenvalue weighted by Crippen LogP contribution is 2.36. The van der Waals surface area contributed by atoms with Gasteiger partial charge in [-0.15, -0.1) is 0 Å². The molecule has 114 valence electrons. The van der Waals surface area contributed by atoms with Crippen LogP contribution in [-0.2, 0) is 15.8 Å². The Kier molecular flexibility index (Phi) is 6.38. The Hall–Kier alpha value is -0.233. The molecule has 0 fully saturated rings. The van der Waals surface area contributed by atoms with Crippen LogP contribution in [0.25, 0.3) is 0 Å². The summed E-state index contributed by atoms with van der Waals surface area (Å²) in [6, 6.07) is 4.92. The summed E-state index contributed by atoms with van der Waals surface area (Å²) < 4.78 is 25.8. The first kappa shape index (κ1) is 17.8. The van der Waals surface area contributed by atoms with Crippen LogP contribution >= 0.6 is 15.9 Å². The van der Waals surface area contributed by atoms with Gasteiger partial charge < -0.3 is 9.16 Å². The smallest absolute Gasteiger partial charge is 0.192 e. The molecular weight excluding hydrogens is 339 g/mol. The summed E-state index contributed by atoms with van der Waals surface area (Å²) in [5.41, 5.74) is 0.555. The molecule has 0 aliphatic rings.